The molecule has 1 atom stereocenters. The first-order valence-electron chi connectivity index (χ1n) is 7.24. The maximum absolute atomic E-state index is 12.3. The van der Waals surface area contributed by atoms with Gasteiger partial charge in [-0.15, -0.1) is 0 Å². The molecule has 0 aromatic carbocycles. The van der Waals surface area contributed by atoms with Gasteiger partial charge in [0.15, 0.2) is 0 Å². The van der Waals surface area contributed by atoms with Gasteiger partial charge in [0.2, 0.25) is 0 Å². The lowest BCUT2D eigenvalue weighted by Crippen LogP contribution is -2.51. The summed E-state index contributed by atoms with van der Waals surface area (Å²) in [4.78, 5) is 32.1. The Morgan fingerprint density at radius 3 is 2.71 bits per heavy atom. The van der Waals surface area contributed by atoms with E-state index in [4.69, 9.17) is 0 Å². The average Bonchev–Trinajstić information content (AvgIpc) is 3.09. The molecule has 1 aliphatic rings. The van der Waals surface area contributed by atoms with Gasteiger partial charge in [-0.25, -0.2) is 14.6 Å². The first kappa shape index (κ1) is 15.3. The van der Waals surface area contributed by atoms with Gasteiger partial charge >= 0.3 is 12.0 Å². The number of aromatic amines is 1. The number of aliphatic carboxylic acids is 1. The number of carbonyl (C=O) groups is 2. The molecular weight excluding hydrogens is 272 g/mol. The largest absolute Gasteiger partial charge is 0.480 e. The number of aromatic nitrogens is 2. The highest BCUT2D eigenvalue weighted by Crippen LogP contribution is 2.30. The third kappa shape index (κ3) is 4.47. The van der Waals surface area contributed by atoms with Crippen LogP contribution in [-0.2, 0) is 11.2 Å². The Hall–Kier alpha value is -2.05. The number of urea groups is 1. The molecule has 1 aromatic heterocycles. The number of amides is 2. The van der Waals surface area contributed by atoms with Crippen LogP contribution < -0.4 is 5.32 Å². The van der Waals surface area contributed by atoms with Crippen molar-refractivity contribution in [1.82, 2.24) is 20.2 Å². The van der Waals surface area contributed by atoms with Gasteiger partial charge in [0.05, 0.1) is 6.33 Å². The minimum absolute atomic E-state index is 0.0483. The van der Waals surface area contributed by atoms with Gasteiger partial charge in [0.25, 0.3) is 0 Å². The van der Waals surface area contributed by atoms with Crippen LogP contribution in [0.5, 0.6) is 0 Å². The van der Waals surface area contributed by atoms with Crippen molar-refractivity contribution in [2.75, 3.05) is 6.54 Å². The van der Waals surface area contributed by atoms with Crippen LogP contribution in [0.25, 0.3) is 0 Å². The summed E-state index contributed by atoms with van der Waals surface area (Å²) in [6.45, 7) is 4.57. The Labute approximate surface area is 123 Å². The molecular formula is C14H22N4O3. The summed E-state index contributed by atoms with van der Waals surface area (Å²) in [5.74, 6) is -0.484. The molecule has 3 N–H and O–H groups in total. The van der Waals surface area contributed by atoms with E-state index < -0.39 is 12.0 Å². The van der Waals surface area contributed by atoms with E-state index in [9.17, 15) is 14.7 Å². The lowest BCUT2D eigenvalue weighted by molar-refractivity contribution is -0.139. The van der Waals surface area contributed by atoms with Gasteiger partial charge in [0.1, 0.15) is 6.04 Å². The van der Waals surface area contributed by atoms with Crippen LogP contribution in [0.2, 0.25) is 0 Å². The molecule has 2 amide bonds. The van der Waals surface area contributed by atoms with E-state index in [1.807, 2.05) is 13.8 Å². The summed E-state index contributed by atoms with van der Waals surface area (Å²) in [6.07, 6.45) is 5.53. The Morgan fingerprint density at radius 1 is 1.52 bits per heavy atom. The quantitative estimate of drug-likeness (QED) is 0.704. The summed E-state index contributed by atoms with van der Waals surface area (Å²) in [6, 6.07) is -1.23. The second kappa shape index (κ2) is 6.60. The molecule has 1 heterocycles. The molecule has 116 valence electrons. The number of hydrogen-bond donors (Lipinski definition) is 3. The Morgan fingerprint density at radius 2 is 2.24 bits per heavy atom. The summed E-state index contributed by atoms with van der Waals surface area (Å²) in [5.41, 5.74) is 0.681. The van der Waals surface area contributed by atoms with Gasteiger partial charge in [-0.3, -0.25) is 0 Å². The van der Waals surface area contributed by atoms with Crippen molar-refractivity contribution in [2.24, 2.45) is 5.92 Å². The molecule has 7 heteroatoms. The minimum atomic E-state index is -1.05. The molecule has 0 radical (unpaired) electrons. The lowest BCUT2D eigenvalue weighted by atomic mass is 10.1. The average molecular weight is 294 g/mol. The molecule has 1 aliphatic carbocycles. The number of carbonyl (C=O) groups excluding carboxylic acids is 1. The minimum Gasteiger partial charge on any atom is -0.480 e. The number of rotatable bonds is 7. The van der Waals surface area contributed by atoms with Crippen LogP contribution >= 0.6 is 0 Å². The van der Waals surface area contributed by atoms with Crippen LogP contribution in [0, 0.1) is 5.92 Å². The van der Waals surface area contributed by atoms with Gasteiger partial charge in [0, 0.05) is 30.9 Å². The molecule has 0 spiro atoms. The van der Waals surface area contributed by atoms with Crippen LogP contribution in [0.1, 0.15) is 32.4 Å². The summed E-state index contributed by atoms with van der Waals surface area (Å²) < 4.78 is 0. The number of carboxylic acids is 1. The van der Waals surface area contributed by atoms with Gasteiger partial charge in [-0.05, 0) is 32.6 Å². The smallest absolute Gasteiger partial charge is 0.326 e. The van der Waals surface area contributed by atoms with E-state index in [0.717, 1.165) is 12.8 Å². The molecule has 2 rings (SSSR count). The second-order valence-corrected chi connectivity index (χ2v) is 5.81. The predicted molar refractivity (Wildman–Crippen MR) is 76.8 cm³/mol. The number of nitrogens with one attached hydrogen (secondary N) is 2. The van der Waals surface area contributed by atoms with Crippen LogP contribution in [0.4, 0.5) is 4.79 Å². The van der Waals surface area contributed by atoms with E-state index in [-0.39, 0.29) is 18.5 Å². The van der Waals surface area contributed by atoms with Crippen LogP contribution in [-0.4, -0.2) is 50.6 Å². The number of nitrogens with zero attached hydrogens (tertiary/aromatic N) is 2. The molecule has 21 heavy (non-hydrogen) atoms. The second-order valence-electron chi connectivity index (χ2n) is 5.81. The lowest BCUT2D eigenvalue weighted by Gasteiger charge is -2.28. The third-order valence-electron chi connectivity index (χ3n) is 3.61. The number of H-pyrrole nitrogens is 1. The molecule has 1 fully saturated rings. The number of carboxylic acid groups (broad SMARTS) is 1. The maximum atomic E-state index is 12.3. The van der Waals surface area contributed by atoms with Crippen molar-refractivity contribution < 1.29 is 14.7 Å². The maximum Gasteiger partial charge on any atom is 0.326 e. The van der Waals surface area contributed by atoms with Gasteiger partial charge < -0.3 is 20.3 Å². The van der Waals surface area contributed by atoms with E-state index in [1.165, 1.54) is 6.33 Å². The van der Waals surface area contributed by atoms with Gasteiger partial charge in [-0.1, -0.05) is 0 Å². The summed E-state index contributed by atoms with van der Waals surface area (Å²) in [7, 11) is 0. The predicted octanol–water partition coefficient (Wildman–Crippen LogP) is 1.24. The summed E-state index contributed by atoms with van der Waals surface area (Å²) >= 11 is 0. The topological polar surface area (TPSA) is 98.3 Å². The van der Waals surface area contributed by atoms with E-state index >= 15 is 0 Å². The van der Waals surface area contributed by atoms with Crippen molar-refractivity contribution in [1.29, 1.82) is 0 Å². The molecule has 0 unspecified atom stereocenters. The van der Waals surface area contributed by atoms with Crippen molar-refractivity contribution in [3.8, 4) is 0 Å². The molecule has 1 aromatic rings. The summed E-state index contributed by atoms with van der Waals surface area (Å²) in [5, 5.41) is 11.9. The Bertz CT molecular complexity index is 482. The first-order valence-corrected chi connectivity index (χ1v) is 7.24. The fourth-order valence-corrected chi connectivity index (χ4v) is 2.16. The Balaban J connectivity index is 1.97. The van der Waals surface area contributed by atoms with Crippen LogP contribution in [0.15, 0.2) is 12.5 Å². The molecule has 0 saturated heterocycles. The van der Waals surface area contributed by atoms with Crippen molar-refractivity contribution in [2.45, 2.75) is 45.2 Å². The molecule has 1 saturated carbocycles. The van der Waals surface area contributed by atoms with Crippen molar-refractivity contribution >= 4 is 12.0 Å². The third-order valence-corrected chi connectivity index (χ3v) is 3.61. The Kier molecular flexibility index (Phi) is 4.82. The van der Waals surface area contributed by atoms with Gasteiger partial charge in [-0.2, -0.15) is 0 Å². The van der Waals surface area contributed by atoms with Crippen molar-refractivity contribution in [3.05, 3.63) is 18.2 Å². The van der Waals surface area contributed by atoms with Crippen molar-refractivity contribution in [3.63, 3.8) is 0 Å². The highest BCUT2D eigenvalue weighted by atomic mass is 16.4. The standard InChI is InChI=1S/C14H22N4O3/c1-9(2)18(7-10-3-4-10)14(21)17-12(13(19)20)5-11-6-15-8-16-11/h6,8-10,12H,3-5,7H2,1-2H3,(H,15,16)(H,17,21)(H,19,20)/t12-/m1/s1. The fourth-order valence-electron chi connectivity index (χ4n) is 2.16. The van der Waals surface area contributed by atoms with Crippen LogP contribution in [0.3, 0.4) is 0 Å². The monoisotopic (exact) mass is 294 g/mol. The van der Waals surface area contributed by atoms with E-state index in [1.54, 1.807) is 11.1 Å². The fraction of sp³-hybridized carbons (Fsp3) is 0.643. The van der Waals surface area contributed by atoms with E-state index in [0.29, 0.717) is 18.2 Å². The first-order chi connectivity index (χ1) is 9.97. The molecule has 0 aliphatic heterocycles. The highest BCUT2D eigenvalue weighted by molar-refractivity contribution is 5.83. The zero-order valence-corrected chi connectivity index (χ0v) is 12.4. The normalized spacial score (nSPS) is 15.8. The zero-order chi connectivity index (χ0) is 15.4. The highest BCUT2D eigenvalue weighted by Gasteiger charge is 2.30. The zero-order valence-electron chi connectivity index (χ0n) is 12.4. The molecule has 0 bridgehead atoms. The number of imidazole rings is 1. The molecule has 7 nitrogen and oxygen atoms in total. The van der Waals surface area contributed by atoms with E-state index in [2.05, 4.69) is 15.3 Å². The number of hydrogen-bond acceptors (Lipinski definition) is 3. The SMILES string of the molecule is CC(C)N(CC1CC1)C(=O)N[C@H](Cc1cnc[nH]1)C(=O)O.